The van der Waals surface area contributed by atoms with Gasteiger partial charge in [-0.1, -0.05) is 6.07 Å². The van der Waals surface area contributed by atoms with Crippen LogP contribution in [0.1, 0.15) is 21.5 Å². The topological polar surface area (TPSA) is 54.9 Å². The number of nitrogens with zero attached hydrogens (tertiary/aromatic N) is 2. The number of amides is 1. The highest BCUT2D eigenvalue weighted by atomic mass is 19.4. The molecule has 1 aromatic carbocycles. The van der Waals surface area contributed by atoms with Crippen molar-refractivity contribution < 1.29 is 18.0 Å². The van der Waals surface area contributed by atoms with Crippen molar-refractivity contribution in [2.75, 3.05) is 0 Å². The summed E-state index contributed by atoms with van der Waals surface area (Å²) in [5, 5.41) is 3.09. The quantitative estimate of drug-likeness (QED) is 0.798. The average Bonchev–Trinajstić information content (AvgIpc) is 2.59. The predicted molar refractivity (Wildman–Crippen MR) is 82.2 cm³/mol. The summed E-state index contributed by atoms with van der Waals surface area (Å²) in [5.41, 5.74) is 0.818. The second-order valence-corrected chi connectivity index (χ2v) is 5.17. The van der Waals surface area contributed by atoms with Crippen LogP contribution in [0.2, 0.25) is 0 Å². The minimum atomic E-state index is -4.44. The standard InChI is InChI=1S/C17H12F3N3O/c18-17(19,20)14-8-13-7-11(1-2-15(13)22-10-14)9-23-16(24)12-3-5-21-6-4-12/h1-8,10H,9H2,(H,23,24). The molecule has 2 aromatic heterocycles. The van der Waals surface area contributed by atoms with E-state index in [4.69, 9.17) is 0 Å². The van der Waals surface area contributed by atoms with Crippen LogP contribution < -0.4 is 5.32 Å². The number of benzene rings is 1. The summed E-state index contributed by atoms with van der Waals surface area (Å²) < 4.78 is 38.3. The van der Waals surface area contributed by atoms with Crippen LogP contribution in [0.5, 0.6) is 0 Å². The maximum atomic E-state index is 12.8. The van der Waals surface area contributed by atoms with Gasteiger partial charge in [-0.2, -0.15) is 13.2 Å². The lowest BCUT2D eigenvalue weighted by Crippen LogP contribution is -2.22. The first-order chi connectivity index (χ1) is 11.4. The van der Waals surface area contributed by atoms with Crippen LogP contribution in [-0.2, 0) is 12.7 Å². The van der Waals surface area contributed by atoms with Crippen molar-refractivity contribution in [1.82, 2.24) is 15.3 Å². The lowest BCUT2D eigenvalue weighted by atomic mass is 10.1. The van der Waals surface area contributed by atoms with Crippen molar-refractivity contribution >= 4 is 16.8 Å². The van der Waals surface area contributed by atoms with Crippen LogP contribution in [0.25, 0.3) is 10.9 Å². The van der Waals surface area contributed by atoms with E-state index in [0.29, 0.717) is 22.0 Å². The second-order valence-electron chi connectivity index (χ2n) is 5.17. The van der Waals surface area contributed by atoms with Crippen LogP contribution in [0, 0.1) is 0 Å². The molecule has 2 heterocycles. The van der Waals surface area contributed by atoms with Crippen LogP contribution in [0.15, 0.2) is 55.0 Å². The molecule has 24 heavy (non-hydrogen) atoms. The number of pyridine rings is 2. The molecule has 3 aromatic rings. The molecule has 0 saturated carbocycles. The fourth-order valence-electron chi connectivity index (χ4n) is 2.23. The van der Waals surface area contributed by atoms with Gasteiger partial charge in [0.15, 0.2) is 0 Å². The van der Waals surface area contributed by atoms with Crippen molar-refractivity contribution in [3.8, 4) is 0 Å². The highest BCUT2D eigenvalue weighted by molar-refractivity contribution is 5.94. The molecule has 0 bridgehead atoms. The molecule has 3 rings (SSSR count). The smallest absolute Gasteiger partial charge is 0.348 e. The molecular weight excluding hydrogens is 319 g/mol. The van der Waals surface area contributed by atoms with Crippen LogP contribution in [-0.4, -0.2) is 15.9 Å². The minimum Gasteiger partial charge on any atom is -0.348 e. The molecule has 0 spiro atoms. The van der Waals surface area contributed by atoms with Gasteiger partial charge in [-0.15, -0.1) is 0 Å². The third-order valence-corrected chi connectivity index (χ3v) is 3.47. The van der Waals surface area contributed by atoms with Gasteiger partial charge in [0.25, 0.3) is 5.91 Å². The van der Waals surface area contributed by atoms with Gasteiger partial charge in [-0.05, 0) is 35.9 Å². The van der Waals surface area contributed by atoms with Crippen molar-refractivity contribution in [3.05, 3.63) is 71.7 Å². The first-order valence-electron chi connectivity index (χ1n) is 7.07. The van der Waals surface area contributed by atoms with Crippen LogP contribution >= 0.6 is 0 Å². The van der Waals surface area contributed by atoms with Gasteiger partial charge in [0, 0.05) is 36.1 Å². The fourth-order valence-corrected chi connectivity index (χ4v) is 2.23. The molecule has 122 valence electrons. The number of alkyl halides is 3. The number of nitrogens with one attached hydrogen (secondary N) is 1. The Morgan fingerprint density at radius 1 is 1.08 bits per heavy atom. The van der Waals surface area contributed by atoms with E-state index in [1.54, 1.807) is 30.3 Å². The Labute approximate surface area is 135 Å². The Morgan fingerprint density at radius 3 is 2.54 bits per heavy atom. The number of halogens is 3. The minimum absolute atomic E-state index is 0.202. The van der Waals surface area contributed by atoms with Gasteiger partial charge in [0.05, 0.1) is 11.1 Å². The largest absolute Gasteiger partial charge is 0.417 e. The van der Waals surface area contributed by atoms with Gasteiger partial charge in [0.2, 0.25) is 0 Å². The summed E-state index contributed by atoms with van der Waals surface area (Å²) in [6.07, 6.45) is -0.607. The fraction of sp³-hybridized carbons (Fsp3) is 0.118. The summed E-state index contributed by atoms with van der Waals surface area (Å²) in [6, 6.07) is 9.14. The zero-order chi connectivity index (χ0) is 17.2. The van der Waals surface area contributed by atoms with Gasteiger partial charge < -0.3 is 5.32 Å². The molecule has 0 radical (unpaired) electrons. The molecule has 0 saturated heterocycles. The monoisotopic (exact) mass is 331 g/mol. The normalized spacial score (nSPS) is 11.5. The van der Waals surface area contributed by atoms with E-state index in [0.717, 1.165) is 12.3 Å². The summed E-state index contributed by atoms with van der Waals surface area (Å²) in [5.74, 6) is -0.278. The van der Waals surface area contributed by atoms with E-state index < -0.39 is 11.7 Å². The molecule has 0 aliphatic heterocycles. The first kappa shape index (κ1) is 15.9. The molecule has 0 aliphatic carbocycles. The molecule has 4 nitrogen and oxygen atoms in total. The first-order valence-corrected chi connectivity index (χ1v) is 7.07. The number of rotatable bonds is 3. The van der Waals surface area contributed by atoms with Gasteiger partial charge >= 0.3 is 6.18 Å². The summed E-state index contributed by atoms with van der Waals surface area (Å²) in [7, 11) is 0. The lowest BCUT2D eigenvalue weighted by molar-refractivity contribution is -0.137. The highest BCUT2D eigenvalue weighted by Gasteiger charge is 2.30. The molecule has 1 N–H and O–H groups in total. The lowest BCUT2D eigenvalue weighted by Gasteiger charge is -2.09. The van der Waals surface area contributed by atoms with E-state index >= 15 is 0 Å². The summed E-state index contributed by atoms with van der Waals surface area (Å²) >= 11 is 0. The molecular formula is C17H12F3N3O. The number of aromatic nitrogens is 2. The predicted octanol–water partition coefficient (Wildman–Crippen LogP) is 3.58. The Kier molecular flexibility index (Phi) is 4.16. The number of carbonyl (C=O) groups excluding carboxylic acids is 1. The Bertz CT molecular complexity index is 879. The van der Waals surface area contributed by atoms with Gasteiger partial charge in [0.1, 0.15) is 0 Å². The van der Waals surface area contributed by atoms with Gasteiger partial charge in [-0.3, -0.25) is 14.8 Å². The molecule has 0 aliphatic rings. The Hall–Kier alpha value is -2.96. The molecule has 0 atom stereocenters. The SMILES string of the molecule is O=C(NCc1ccc2ncc(C(F)(F)F)cc2c1)c1ccncc1. The second kappa shape index (κ2) is 6.27. The Balaban J connectivity index is 1.79. The highest BCUT2D eigenvalue weighted by Crippen LogP contribution is 2.30. The van der Waals surface area contributed by atoms with E-state index in [1.165, 1.54) is 12.4 Å². The van der Waals surface area contributed by atoms with Crippen molar-refractivity contribution in [3.63, 3.8) is 0 Å². The summed E-state index contributed by atoms with van der Waals surface area (Å²) in [6.45, 7) is 0.202. The van der Waals surface area contributed by atoms with Crippen LogP contribution in [0.3, 0.4) is 0 Å². The van der Waals surface area contributed by atoms with E-state index in [-0.39, 0.29) is 12.5 Å². The molecule has 0 unspecified atom stereocenters. The van der Waals surface area contributed by atoms with Crippen molar-refractivity contribution in [2.24, 2.45) is 0 Å². The van der Waals surface area contributed by atoms with Crippen LogP contribution in [0.4, 0.5) is 13.2 Å². The molecule has 1 amide bonds. The van der Waals surface area contributed by atoms with Gasteiger partial charge in [-0.25, -0.2) is 0 Å². The number of hydrogen-bond acceptors (Lipinski definition) is 3. The maximum Gasteiger partial charge on any atom is 0.417 e. The summed E-state index contributed by atoms with van der Waals surface area (Å²) in [4.78, 5) is 19.6. The average molecular weight is 331 g/mol. The third-order valence-electron chi connectivity index (χ3n) is 3.47. The molecule has 7 heteroatoms. The zero-order valence-electron chi connectivity index (χ0n) is 12.3. The number of fused-ring (bicyclic) bond motifs is 1. The zero-order valence-corrected chi connectivity index (χ0v) is 12.3. The Morgan fingerprint density at radius 2 is 1.83 bits per heavy atom. The van der Waals surface area contributed by atoms with Crippen molar-refractivity contribution in [2.45, 2.75) is 12.7 Å². The maximum absolute atomic E-state index is 12.8. The van der Waals surface area contributed by atoms with E-state index in [2.05, 4.69) is 15.3 Å². The van der Waals surface area contributed by atoms with E-state index in [9.17, 15) is 18.0 Å². The number of hydrogen-bond donors (Lipinski definition) is 1. The van der Waals surface area contributed by atoms with Crippen molar-refractivity contribution in [1.29, 1.82) is 0 Å². The third kappa shape index (κ3) is 3.51. The molecule has 0 fully saturated rings. The number of carbonyl (C=O) groups is 1. The van der Waals surface area contributed by atoms with E-state index in [1.807, 2.05) is 0 Å².